The van der Waals surface area contributed by atoms with Gasteiger partial charge in [0.2, 0.25) is 0 Å². The average molecular weight is 301 g/mol. The molecule has 0 saturated heterocycles. The van der Waals surface area contributed by atoms with Crippen LogP contribution in [-0.2, 0) is 4.74 Å². The van der Waals surface area contributed by atoms with Gasteiger partial charge in [0.15, 0.2) is 11.3 Å². The lowest BCUT2D eigenvalue weighted by molar-refractivity contribution is 0.0521. The summed E-state index contributed by atoms with van der Waals surface area (Å²) < 4.78 is 4.76. The van der Waals surface area contributed by atoms with Crippen LogP contribution in [0.15, 0.2) is 45.4 Å². The first kappa shape index (κ1) is 15.4. The third-order valence-electron chi connectivity index (χ3n) is 2.85. The van der Waals surface area contributed by atoms with Crippen LogP contribution < -0.4 is 5.56 Å². The number of esters is 1. The van der Waals surface area contributed by atoms with E-state index in [2.05, 4.69) is 15.2 Å². The number of azo groups is 1. The summed E-state index contributed by atoms with van der Waals surface area (Å²) in [5.74, 6) is -1.45. The molecular weight excluding hydrogens is 286 g/mol. The zero-order chi connectivity index (χ0) is 16.1. The Kier molecular flexibility index (Phi) is 4.67. The number of aromatic nitrogens is 1. The second-order valence-electron chi connectivity index (χ2n) is 4.41. The summed E-state index contributed by atoms with van der Waals surface area (Å²) in [5.41, 5.74) is -0.312. The topological polar surface area (TPSA) is 104 Å². The summed E-state index contributed by atoms with van der Waals surface area (Å²) in [7, 11) is 0. The first-order chi connectivity index (χ1) is 10.5. The van der Waals surface area contributed by atoms with Crippen molar-refractivity contribution in [1.82, 2.24) is 4.98 Å². The smallest absolute Gasteiger partial charge is 0.347 e. The van der Waals surface area contributed by atoms with Crippen molar-refractivity contribution in [2.45, 2.75) is 13.8 Å². The Bertz CT molecular complexity index is 766. The molecule has 2 rings (SSSR count). The van der Waals surface area contributed by atoms with E-state index in [-0.39, 0.29) is 12.3 Å². The number of hydrogen-bond acceptors (Lipinski definition) is 6. The van der Waals surface area contributed by atoms with Crippen molar-refractivity contribution in [3.63, 3.8) is 0 Å². The molecule has 2 aromatic rings. The minimum absolute atomic E-state index is 0.0199. The van der Waals surface area contributed by atoms with E-state index in [1.165, 1.54) is 0 Å². The van der Waals surface area contributed by atoms with Gasteiger partial charge in [0.05, 0.1) is 12.3 Å². The number of pyridine rings is 1. The number of nitrogens with one attached hydrogen (secondary N) is 1. The standard InChI is InChI=1S/C15H15N3O4/c1-3-22-15(21)11-13(19)12(9(2)16-14(11)20)18-17-10-7-5-4-6-8-10/h4-8H,3H2,1-2H3,(H2,16,19,20). The highest BCUT2D eigenvalue weighted by molar-refractivity contribution is 5.94. The molecule has 0 saturated carbocycles. The molecule has 1 aromatic carbocycles. The van der Waals surface area contributed by atoms with E-state index < -0.39 is 22.8 Å². The van der Waals surface area contributed by atoms with E-state index in [1.807, 2.05) is 6.07 Å². The van der Waals surface area contributed by atoms with Crippen LogP contribution in [0.5, 0.6) is 5.75 Å². The number of carbonyl (C=O) groups is 1. The molecule has 0 atom stereocenters. The lowest BCUT2D eigenvalue weighted by Crippen LogP contribution is -2.20. The maximum atomic E-state index is 11.8. The van der Waals surface area contributed by atoms with Gasteiger partial charge in [0.25, 0.3) is 5.56 Å². The third-order valence-corrected chi connectivity index (χ3v) is 2.85. The lowest BCUT2D eigenvalue weighted by Gasteiger charge is -2.07. The van der Waals surface area contributed by atoms with Crippen molar-refractivity contribution < 1.29 is 14.6 Å². The molecule has 0 spiro atoms. The first-order valence-electron chi connectivity index (χ1n) is 6.64. The Labute approximate surface area is 126 Å². The van der Waals surface area contributed by atoms with Crippen molar-refractivity contribution in [2.24, 2.45) is 10.2 Å². The second-order valence-corrected chi connectivity index (χ2v) is 4.41. The van der Waals surface area contributed by atoms with Gasteiger partial charge in [-0.3, -0.25) is 4.79 Å². The Morgan fingerprint density at radius 3 is 2.59 bits per heavy atom. The van der Waals surface area contributed by atoms with Gasteiger partial charge >= 0.3 is 5.97 Å². The van der Waals surface area contributed by atoms with Crippen molar-refractivity contribution >= 4 is 17.3 Å². The van der Waals surface area contributed by atoms with E-state index in [0.29, 0.717) is 11.4 Å². The van der Waals surface area contributed by atoms with Crippen molar-refractivity contribution in [2.75, 3.05) is 6.61 Å². The number of hydrogen-bond donors (Lipinski definition) is 2. The molecule has 0 amide bonds. The molecule has 0 unspecified atom stereocenters. The highest BCUT2D eigenvalue weighted by atomic mass is 16.5. The SMILES string of the molecule is CCOC(=O)c1c(O)c(N=Nc2ccccc2)c(C)[nH]c1=O. The zero-order valence-electron chi connectivity index (χ0n) is 12.2. The van der Waals surface area contributed by atoms with Crippen LogP contribution in [0, 0.1) is 6.92 Å². The minimum atomic E-state index is -0.905. The zero-order valence-corrected chi connectivity index (χ0v) is 12.2. The van der Waals surface area contributed by atoms with Crippen molar-refractivity contribution in [3.05, 3.63) is 51.9 Å². The van der Waals surface area contributed by atoms with Gasteiger partial charge in [-0.15, -0.1) is 5.11 Å². The number of nitrogens with zero attached hydrogens (tertiary/aromatic N) is 2. The largest absolute Gasteiger partial charge is 0.505 e. The molecule has 0 aliphatic heterocycles. The van der Waals surface area contributed by atoms with Gasteiger partial charge < -0.3 is 14.8 Å². The van der Waals surface area contributed by atoms with Crippen LogP contribution >= 0.6 is 0 Å². The van der Waals surface area contributed by atoms with Crippen LogP contribution in [0.4, 0.5) is 11.4 Å². The number of rotatable bonds is 4. The number of ether oxygens (including phenoxy) is 1. The minimum Gasteiger partial charge on any atom is -0.505 e. The highest BCUT2D eigenvalue weighted by Gasteiger charge is 2.22. The molecule has 7 nitrogen and oxygen atoms in total. The van der Waals surface area contributed by atoms with Crippen LogP contribution in [0.2, 0.25) is 0 Å². The Hall–Kier alpha value is -2.96. The van der Waals surface area contributed by atoms with Crippen LogP contribution in [-0.4, -0.2) is 22.7 Å². The van der Waals surface area contributed by atoms with E-state index in [1.54, 1.807) is 38.1 Å². The maximum absolute atomic E-state index is 11.8. The summed E-state index contributed by atoms with van der Waals surface area (Å²) in [6, 6.07) is 8.87. The van der Waals surface area contributed by atoms with E-state index in [0.717, 1.165) is 0 Å². The molecule has 0 bridgehead atoms. The molecule has 0 aliphatic rings. The van der Waals surface area contributed by atoms with Crippen LogP contribution in [0.3, 0.4) is 0 Å². The van der Waals surface area contributed by atoms with E-state index in [4.69, 9.17) is 4.74 Å². The van der Waals surface area contributed by atoms with E-state index in [9.17, 15) is 14.7 Å². The Morgan fingerprint density at radius 1 is 1.27 bits per heavy atom. The van der Waals surface area contributed by atoms with Gasteiger partial charge in [0, 0.05) is 5.69 Å². The third kappa shape index (κ3) is 3.20. The van der Waals surface area contributed by atoms with Crippen LogP contribution in [0.1, 0.15) is 23.0 Å². The second kappa shape index (κ2) is 6.66. The summed E-state index contributed by atoms with van der Waals surface area (Å²) in [5, 5.41) is 18.0. The van der Waals surface area contributed by atoms with Gasteiger partial charge in [-0.05, 0) is 26.0 Å². The number of benzene rings is 1. The molecule has 1 heterocycles. The Balaban J connectivity index is 2.48. The number of aromatic hydroxyl groups is 1. The lowest BCUT2D eigenvalue weighted by atomic mass is 10.2. The fraction of sp³-hybridized carbons (Fsp3) is 0.200. The average Bonchev–Trinajstić information content (AvgIpc) is 2.48. The summed E-state index contributed by atoms with van der Waals surface area (Å²) in [6.07, 6.45) is 0. The molecule has 0 fully saturated rings. The summed E-state index contributed by atoms with van der Waals surface area (Å²) in [6.45, 7) is 3.25. The van der Waals surface area contributed by atoms with Crippen molar-refractivity contribution in [3.8, 4) is 5.75 Å². The molecular formula is C15H15N3O4. The van der Waals surface area contributed by atoms with Crippen LogP contribution in [0.25, 0.3) is 0 Å². The summed E-state index contributed by atoms with van der Waals surface area (Å²) >= 11 is 0. The van der Waals surface area contributed by atoms with Crippen molar-refractivity contribution in [1.29, 1.82) is 0 Å². The first-order valence-corrected chi connectivity index (χ1v) is 6.64. The number of carbonyl (C=O) groups excluding carboxylic acids is 1. The molecule has 0 aliphatic carbocycles. The quantitative estimate of drug-likeness (QED) is 0.669. The monoisotopic (exact) mass is 301 g/mol. The summed E-state index contributed by atoms with van der Waals surface area (Å²) in [4.78, 5) is 26.0. The predicted molar refractivity (Wildman–Crippen MR) is 80.0 cm³/mol. The molecule has 114 valence electrons. The maximum Gasteiger partial charge on any atom is 0.347 e. The fourth-order valence-electron chi connectivity index (χ4n) is 1.81. The van der Waals surface area contributed by atoms with E-state index >= 15 is 0 Å². The molecule has 7 heteroatoms. The predicted octanol–water partition coefficient (Wildman–Crippen LogP) is 2.98. The Morgan fingerprint density at radius 2 is 1.95 bits per heavy atom. The van der Waals surface area contributed by atoms with Gasteiger partial charge in [-0.25, -0.2) is 4.79 Å². The number of H-pyrrole nitrogens is 1. The highest BCUT2D eigenvalue weighted by Crippen LogP contribution is 2.32. The molecule has 22 heavy (non-hydrogen) atoms. The normalized spacial score (nSPS) is 10.8. The van der Waals surface area contributed by atoms with Gasteiger partial charge in [-0.2, -0.15) is 5.11 Å². The number of aromatic amines is 1. The molecule has 2 N–H and O–H groups in total. The number of aryl methyl sites for hydroxylation is 1. The fourth-order valence-corrected chi connectivity index (χ4v) is 1.81. The van der Waals surface area contributed by atoms with Gasteiger partial charge in [0.1, 0.15) is 5.69 Å². The molecule has 1 aromatic heterocycles. The molecule has 0 radical (unpaired) electrons. The van der Waals surface area contributed by atoms with Gasteiger partial charge in [-0.1, -0.05) is 18.2 Å².